The van der Waals surface area contributed by atoms with Crippen molar-refractivity contribution in [2.75, 3.05) is 17.7 Å². The van der Waals surface area contributed by atoms with Crippen molar-refractivity contribution in [3.63, 3.8) is 0 Å². The molecule has 0 spiro atoms. The maximum atomic E-state index is 5.92. The van der Waals surface area contributed by atoms with Crippen LogP contribution in [0.1, 0.15) is 46.0 Å². The molecule has 0 amide bonds. The summed E-state index contributed by atoms with van der Waals surface area (Å²) < 4.78 is 5.53. The average molecular weight is 262 g/mol. The van der Waals surface area contributed by atoms with Crippen LogP contribution < -0.4 is 15.8 Å². The Morgan fingerprint density at radius 3 is 2.53 bits per heavy atom. The zero-order valence-electron chi connectivity index (χ0n) is 12.1. The molecule has 1 saturated carbocycles. The van der Waals surface area contributed by atoms with Crippen LogP contribution in [0.15, 0.2) is 18.2 Å². The highest BCUT2D eigenvalue weighted by molar-refractivity contribution is 5.59. The van der Waals surface area contributed by atoms with Crippen LogP contribution in [0.3, 0.4) is 0 Å². The van der Waals surface area contributed by atoms with Crippen LogP contribution >= 0.6 is 0 Å². The van der Waals surface area contributed by atoms with E-state index in [1.807, 2.05) is 25.1 Å². The van der Waals surface area contributed by atoms with E-state index in [0.717, 1.165) is 23.0 Å². The third-order valence-electron chi connectivity index (χ3n) is 4.03. The van der Waals surface area contributed by atoms with E-state index in [1.165, 1.54) is 32.1 Å². The van der Waals surface area contributed by atoms with Crippen molar-refractivity contribution in [2.45, 2.75) is 52.0 Å². The maximum absolute atomic E-state index is 5.92. The van der Waals surface area contributed by atoms with Gasteiger partial charge in [0.05, 0.1) is 6.61 Å². The van der Waals surface area contributed by atoms with E-state index < -0.39 is 0 Å². The fourth-order valence-electron chi connectivity index (χ4n) is 2.91. The quantitative estimate of drug-likeness (QED) is 0.787. The number of nitrogens with one attached hydrogen (secondary N) is 1. The Balaban J connectivity index is 1.95. The van der Waals surface area contributed by atoms with Gasteiger partial charge < -0.3 is 15.8 Å². The predicted octanol–water partition coefficient (Wildman–Crippen LogP) is 4.05. The van der Waals surface area contributed by atoms with E-state index in [-0.39, 0.29) is 0 Å². The van der Waals surface area contributed by atoms with Crippen LogP contribution in [0.5, 0.6) is 5.75 Å². The molecule has 0 unspecified atom stereocenters. The molecule has 0 saturated heterocycles. The van der Waals surface area contributed by atoms with Gasteiger partial charge in [0.1, 0.15) is 5.75 Å². The van der Waals surface area contributed by atoms with Crippen molar-refractivity contribution < 1.29 is 4.74 Å². The molecule has 0 atom stereocenters. The van der Waals surface area contributed by atoms with Crippen molar-refractivity contribution in [3.05, 3.63) is 18.2 Å². The molecule has 1 fully saturated rings. The molecule has 0 bridgehead atoms. The number of hydrogen-bond acceptors (Lipinski definition) is 3. The first-order valence-corrected chi connectivity index (χ1v) is 7.51. The molecule has 3 N–H and O–H groups in total. The number of anilines is 2. The van der Waals surface area contributed by atoms with E-state index in [4.69, 9.17) is 10.5 Å². The summed E-state index contributed by atoms with van der Waals surface area (Å²) >= 11 is 0. The molecule has 1 aliphatic rings. The Hall–Kier alpha value is -1.38. The van der Waals surface area contributed by atoms with Crippen molar-refractivity contribution in [1.82, 2.24) is 0 Å². The van der Waals surface area contributed by atoms with E-state index in [9.17, 15) is 0 Å². The topological polar surface area (TPSA) is 47.3 Å². The molecule has 0 aliphatic heterocycles. The van der Waals surface area contributed by atoms with Crippen molar-refractivity contribution >= 4 is 11.4 Å². The van der Waals surface area contributed by atoms with Gasteiger partial charge in [-0.05, 0) is 44.6 Å². The Kier molecular flexibility index (Phi) is 4.94. The second-order valence-corrected chi connectivity index (χ2v) is 5.49. The summed E-state index contributed by atoms with van der Waals surface area (Å²) in [5.41, 5.74) is 7.76. The SMILES string of the molecule is CCOc1cc(N)cc(NC2CCC(CC)CC2)c1. The lowest BCUT2D eigenvalue weighted by atomic mass is 9.84. The lowest BCUT2D eigenvalue weighted by molar-refractivity contribution is 0.329. The molecule has 3 nitrogen and oxygen atoms in total. The standard InChI is InChI=1S/C16H26N2O/c1-3-12-5-7-14(8-6-12)18-15-9-13(17)10-16(11-15)19-4-2/h9-12,14,18H,3-8,17H2,1-2H3. The minimum Gasteiger partial charge on any atom is -0.494 e. The highest BCUT2D eigenvalue weighted by Gasteiger charge is 2.19. The molecular formula is C16H26N2O. The largest absolute Gasteiger partial charge is 0.494 e. The van der Waals surface area contributed by atoms with Gasteiger partial charge in [0, 0.05) is 29.5 Å². The van der Waals surface area contributed by atoms with E-state index in [1.54, 1.807) is 0 Å². The van der Waals surface area contributed by atoms with Gasteiger partial charge in [-0.15, -0.1) is 0 Å². The van der Waals surface area contributed by atoms with E-state index >= 15 is 0 Å². The van der Waals surface area contributed by atoms with Gasteiger partial charge in [-0.25, -0.2) is 0 Å². The second-order valence-electron chi connectivity index (χ2n) is 5.49. The highest BCUT2D eigenvalue weighted by Crippen LogP contribution is 2.30. The number of nitrogen functional groups attached to an aromatic ring is 1. The normalized spacial score (nSPS) is 23.1. The van der Waals surface area contributed by atoms with Gasteiger partial charge in [0.25, 0.3) is 0 Å². The first-order chi connectivity index (χ1) is 9.21. The Morgan fingerprint density at radius 2 is 1.89 bits per heavy atom. The van der Waals surface area contributed by atoms with Crippen LogP contribution in [0.2, 0.25) is 0 Å². The minimum atomic E-state index is 0.582. The molecule has 3 heteroatoms. The number of benzene rings is 1. The molecular weight excluding hydrogens is 236 g/mol. The second kappa shape index (κ2) is 6.69. The molecule has 0 aromatic heterocycles. The number of ether oxygens (including phenoxy) is 1. The lowest BCUT2D eigenvalue weighted by Crippen LogP contribution is -2.25. The average Bonchev–Trinajstić information content (AvgIpc) is 2.39. The van der Waals surface area contributed by atoms with Crippen LogP contribution in [-0.4, -0.2) is 12.6 Å². The molecule has 2 rings (SSSR count). The third-order valence-corrected chi connectivity index (χ3v) is 4.03. The van der Waals surface area contributed by atoms with Gasteiger partial charge >= 0.3 is 0 Å². The molecule has 1 aromatic rings. The van der Waals surface area contributed by atoms with Gasteiger partial charge in [-0.3, -0.25) is 0 Å². The molecule has 0 heterocycles. The highest BCUT2D eigenvalue weighted by atomic mass is 16.5. The number of rotatable bonds is 5. The molecule has 1 aromatic carbocycles. The Morgan fingerprint density at radius 1 is 1.16 bits per heavy atom. The molecule has 1 aliphatic carbocycles. The summed E-state index contributed by atoms with van der Waals surface area (Å²) in [4.78, 5) is 0. The summed E-state index contributed by atoms with van der Waals surface area (Å²) in [7, 11) is 0. The molecule has 0 radical (unpaired) electrons. The maximum Gasteiger partial charge on any atom is 0.123 e. The van der Waals surface area contributed by atoms with E-state index in [0.29, 0.717) is 12.6 Å². The molecule has 106 valence electrons. The summed E-state index contributed by atoms with van der Waals surface area (Å²) in [6.07, 6.45) is 6.53. The van der Waals surface area contributed by atoms with E-state index in [2.05, 4.69) is 12.2 Å². The van der Waals surface area contributed by atoms with Crippen molar-refractivity contribution in [3.8, 4) is 5.75 Å². The summed E-state index contributed by atoms with van der Waals surface area (Å²) in [5, 5.41) is 3.61. The number of nitrogens with two attached hydrogens (primary N) is 1. The van der Waals surface area contributed by atoms with Gasteiger partial charge in [-0.1, -0.05) is 13.3 Å². The fourth-order valence-corrected chi connectivity index (χ4v) is 2.91. The first-order valence-electron chi connectivity index (χ1n) is 7.51. The Bertz CT molecular complexity index is 398. The third kappa shape index (κ3) is 4.05. The lowest BCUT2D eigenvalue weighted by Gasteiger charge is -2.29. The van der Waals surface area contributed by atoms with Crippen molar-refractivity contribution in [1.29, 1.82) is 0 Å². The van der Waals surface area contributed by atoms with Gasteiger partial charge in [-0.2, -0.15) is 0 Å². The molecule has 19 heavy (non-hydrogen) atoms. The Labute approximate surface area is 116 Å². The summed E-state index contributed by atoms with van der Waals surface area (Å²) in [6, 6.07) is 6.50. The van der Waals surface area contributed by atoms with Crippen LogP contribution in [0.4, 0.5) is 11.4 Å². The smallest absolute Gasteiger partial charge is 0.123 e. The minimum absolute atomic E-state index is 0.582. The fraction of sp³-hybridized carbons (Fsp3) is 0.625. The van der Waals surface area contributed by atoms with Gasteiger partial charge in [0.2, 0.25) is 0 Å². The monoisotopic (exact) mass is 262 g/mol. The van der Waals surface area contributed by atoms with Crippen LogP contribution in [0.25, 0.3) is 0 Å². The zero-order chi connectivity index (χ0) is 13.7. The summed E-state index contributed by atoms with van der Waals surface area (Å²) in [5.74, 6) is 1.78. The zero-order valence-corrected chi connectivity index (χ0v) is 12.1. The van der Waals surface area contributed by atoms with Crippen LogP contribution in [0, 0.1) is 5.92 Å². The summed E-state index contributed by atoms with van der Waals surface area (Å²) in [6.45, 7) is 4.96. The predicted molar refractivity (Wildman–Crippen MR) is 81.7 cm³/mol. The van der Waals surface area contributed by atoms with Crippen LogP contribution in [-0.2, 0) is 0 Å². The first kappa shape index (κ1) is 14.0. The number of hydrogen-bond donors (Lipinski definition) is 2. The van der Waals surface area contributed by atoms with Crippen molar-refractivity contribution in [2.24, 2.45) is 5.92 Å². The van der Waals surface area contributed by atoms with Gasteiger partial charge in [0.15, 0.2) is 0 Å².